The van der Waals surface area contributed by atoms with Crippen LogP contribution < -0.4 is 0 Å². The number of aliphatic hydroxyl groups excluding tert-OH is 1. The Balaban J connectivity index is 4.43. The smallest absolute Gasteiger partial charge is 0.346 e. The molecule has 0 atom stereocenters. The van der Waals surface area contributed by atoms with Gasteiger partial charge in [0.2, 0.25) is 0 Å². The molecule has 5 nitrogen and oxygen atoms in total. The molecule has 0 fully saturated rings. The summed E-state index contributed by atoms with van der Waals surface area (Å²) in [5, 5.41) is 26.0. The van der Waals surface area contributed by atoms with Crippen LogP contribution >= 0.6 is 0 Å². The summed E-state index contributed by atoms with van der Waals surface area (Å²) in [6.07, 6.45) is 6.49. The summed E-state index contributed by atoms with van der Waals surface area (Å²) in [7, 11) is 0. The Labute approximate surface area is 101 Å². The van der Waals surface area contributed by atoms with Crippen molar-refractivity contribution in [2.24, 2.45) is 0 Å². The van der Waals surface area contributed by atoms with Crippen LogP contribution in [0, 0.1) is 11.3 Å². The van der Waals surface area contributed by atoms with E-state index >= 15 is 0 Å². The number of aliphatic hydroxyl groups is 1. The monoisotopic (exact) mass is 238 g/mol. The first-order valence-corrected chi connectivity index (χ1v) is 5.52. The van der Waals surface area contributed by atoms with Crippen molar-refractivity contribution >= 4 is 5.97 Å². The van der Waals surface area contributed by atoms with Gasteiger partial charge >= 0.3 is 5.97 Å². The zero-order valence-electron chi connectivity index (χ0n) is 9.96. The van der Waals surface area contributed by atoms with Crippen molar-refractivity contribution in [1.82, 2.24) is 4.90 Å². The van der Waals surface area contributed by atoms with Crippen molar-refractivity contribution in [2.75, 3.05) is 19.7 Å². The molecular formula is C12H18N2O3. The molecule has 0 aliphatic rings. The van der Waals surface area contributed by atoms with Gasteiger partial charge in [0, 0.05) is 13.1 Å². The molecule has 0 aromatic rings. The third-order valence-corrected chi connectivity index (χ3v) is 2.10. The summed E-state index contributed by atoms with van der Waals surface area (Å²) in [6.45, 7) is 3.41. The molecule has 0 saturated heterocycles. The van der Waals surface area contributed by atoms with Gasteiger partial charge in [-0.25, -0.2) is 4.79 Å². The average molecular weight is 238 g/mol. The minimum atomic E-state index is -1.24. The number of nitriles is 1. The molecule has 0 unspecified atom stereocenters. The Morgan fingerprint density at radius 2 is 2.18 bits per heavy atom. The number of aliphatic carboxylic acids is 1. The predicted octanol–water partition coefficient (Wildman–Crippen LogP) is 1.13. The molecule has 0 aromatic carbocycles. The minimum absolute atomic E-state index is 0.0435. The number of rotatable bonds is 8. The van der Waals surface area contributed by atoms with Crippen molar-refractivity contribution in [2.45, 2.75) is 19.8 Å². The van der Waals surface area contributed by atoms with E-state index in [1.54, 1.807) is 12.3 Å². The van der Waals surface area contributed by atoms with Crippen molar-refractivity contribution in [3.05, 3.63) is 23.9 Å². The minimum Gasteiger partial charge on any atom is -0.477 e. The first-order chi connectivity index (χ1) is 8.15. The lowest BCUT2D eigenvalue weighted by atomic mass is 10.2. The van der Waals surface area contributed by atoms with E-state index in [2.05, 4.69) is 6.92 Å². The number of hydrogen-bond donors (Lipinski definition) is 2. The van der Waals surface area contributed by atoms with Crippen LogP contribution in [0.3, 0.4) is 0 Å². The zero-order chi connectivity index (χ0) is 13.1. The number of carboxylic acids is 1. The van der Waals surface area contributed by atoms with Crippen LogP contribution in [-0.4, -0.2) is 40.8 Å². The molecule has 17 heavy (non-hydrogen) atoms. The van der Waals surface area contributed by atoms with Crippen LogP contribution in [0.4, 0.5) is 0 Å². The number of allylic oxidation sites excluding steroid dienone is 2. The van der Waals surface area contributed by atoms with Crippen molar-refractivity contribution in [3.8, 4) is 6.07 Å². The van der Waals surface area contributed by atoms with Gasteiger partial charge in [0.05, 0.1) is 6.61 Å². The summed E-state index contributed by atoms with van der Waals surface area (Å²) >= 11 is 0. The maximum atomic E-state index is 10.5. The highest BCUT2D eigenvalue weighted by Crippen LogP contribution is 1.98. The van der Waals surface area contributed by atoms with Crippen LogP contribution in [0.5, 0.6) is 0 Å². The van der Waals surface area contributed by atoms with Crippen LogP contribution in [0.15, 0.2) is 23.9 Å². The van der Waals surface area contributed by atoms with Crippen molar-refractivity contribution < 1.29 is 15.0 Å². The number of hydrogen-bond acceptors (Lipinski definition) is 4. The molecule has 0 heterocycles. The van der Waals surface area contributed by atoms with Crippen LogP contribution in [0.25, 0.3) is 0 Å². The Morgan fingerprint density at radius 3 is 2.65 bits per heavy atom. The third-order valence-electron chi connectivity index (χ3n) is 2.10. The molecule has 0 spiro atoms. The average Bonchev–Trinajstić information content (AvgIpc) is 2.30. The van der Waals surface area contributed by atoms with Gasteiger partial charge in [-0.2, -0.15) is 5.26 Å². The third kappa shape index (κ3) is 7.14. The van der Waals surface area contributed by atoms with Gasteiger partial charge in [0.25, 0.3) is 0 Å². The fourth-order valence-corrected chi connectivity index (χ4v) is 1.17. The maximum absolute atomic E-state index is 10.5. The molecular weight excluding hydrogens is 220 g/mol. The SMILES string of the molecule is CCCCN(C=CC=C(C#N)C(=O)O)CCO. The Morgan fingerprint density at radius 1 is 1.47 bits per heavy atom. The van der Waals surface area contributed by atoms with Gasteiger partial charge < -0.3 is 15.1 Å². The summed E-state index contributed by atoms with van der Waals surface area (Å²) in [6, 6.07) is 1.59. The van der Waals surface area contributed by atoms with E-state index < -0.39 is 5.97 Å². The highest BCUT2D eigenvalue weighted by Gasteiger charge is 2.03. The van der Waals surface area contributed by atoms with Crippen LogP contribution in [0.2, 0.25) is 0 Å². The molecule has 0 bridgehead atoms. The predicted molar refractivity (Wildman–Crippen MR) is 64.0 cm³/mol. The van der Waals surface area contributed by atoms with Crippen molar-refractivity contribution in [3.63, 3.8) is 0 Å². The lowest BCUT2D eigenvalue weighted by Gasteiger charge is -2.18. The first-order valence-electron chi connectivity index (χ1n) is 5.52. The van der Waals surface area contributed by atoms with Gasteiger partial charge in [-0.15, -0.1) is 0 Å². The molecule has 0 amide bonds. The fourth-order valence-electron chi connectivity index (χ4n) is 1.17. The van der Waals surface area contributed by atoms with Crippen LogP contribution in [-0.2, 0) is 4.79 Å². The molecule has 0 aromatic heterocycles. The molecule has 0 rings (SSSR count). The summed E-state index contributed by atoms with van der Waals surface area (Å²) in [4.78, 5) is 12.4. The van der Waals surface area contributed by atoms with E-state index in [1.165, 1.54) is 12.2 Å². The normalized spacial score (nSPS) is 11.5. The summed E-state index contributed by atoms with van der Waals surface area (Å²) < 4.78 is 0. The molecule has 0 saturated carbocycles. The maximum Gasteiger partial charge on any atom is 0.346 e. The van der Waals surface area contributed by atoms with Gasteiger partial charge in [-0.1, -0.05) is 13.3 Å². The molecule has 5 heteroatoms. The number of carboxylic acid groups (broad SMARTS) is 1. The topological polar surface area (TPSA) is 84.6 Å². The molecule has 0 aliphatic heterocycles. The first kappa shape index (κ1) is 15.2. The van der Waals surface area contributed by atoms with Gasteiger partial charge in [0.15, 0.2) is 0 Å². The lowest BCUT2D eigenvalue weighted by molar-refractivity contribution is -0.132. The largest absolute Gasteiger partial charge is 0.477 e. The number of nitrogens with zero attached hydrogens (tertiary/aromatic N) is 2. The highest BCUT2D eigenvalue weighted by molar-refractivity contribution is 5.91. The van der Waals surface area contributed by atoms with E-state index in [4.69, 9.17) is 15.5 Å². The van der Waals surface area contributed by atoms with E-state index in [0.29, 0.717) is 6.54 Å². The second-order valence-electron chi connectivity index (χ2n) is 3.45. The standard InChI is InChI=1S/C12H18N2O3/c1-2-3-6-14(8-9-15)7-4-5-11(10-13)12(16)17/h4-5,7,15H,2-3,6,8-9H2,1H3,(H,16,17). The molecule has 2 N–H and O–H groups in total. The highest BCUT2D eigenvalue weighted by atomic mass is 16.4. The van der Waals surface area contributed by atoms with E-state index in [-0.39, 0.29) is 12.2 Å². The Kier molecular flexibility index (Phi) is 8.43. The van der Waals surface area contributed by atoms with Gasteiger partial charge in [-0.3, -0.25) is 0 Å². The quantitative estimate of drug-likeness (QED) is 0.376. The molecule has 0 radical (unpaired) electrons. The fraction of sp³-hybridized carbons (Fsp3) is 0.500. The van der Waals surface area contributed by atoms with E-state index in [1.807, 2.05) is 4.90 Å². The molecule has 94 valence electrons. The van der Waals surface area contributed by atoms with Crippen molar-refractivity contribution in [1.29, 1.82) is 5.26 Å². The van der Waals surface area contributed by atoms with E-state index in [9.17, 15) is 4.79 Å². The second kappa shape index (κ2) is 9.43. The van der Waals surface area contributed by atoms with E-state index in [0.717, 1.165) is 19.4 Å². The Hall–Kier alpha value is -1.80. The number of unbranched alkanes of at least 4 members (excludes halogenated alkanes) is 1. The van der Waals surface area contributed by atoms with Gasteiger partial charge in [0.1, 0.15) is 11.6 Å². The zero-order valence-corrected chi connectivity index (χ0v) is 9.96. The molecule has 0 aliphatic carbocycles. The second-order valence-corrected chi connectivity index (χ2v) is 3.45. The summed E-state index contributed by atoms with van der Waals surface area (Å²) in [5.74, 6) is -1.24. The van der Waals surface area contributed by atoms with Gasteiger partial charge in [-0.05, 0) is 24.8 Å². The number of carbonyl (C=O) groups is 1. The Bertz CT molecular complexity index is 329. The van der Waals surface area contributed by atoms with Crippen LogP contribution in [0.1, 0.15) is 19.8 Å². The summed E-state index contributed by atoms with van der Waals surface area (Å²) in [5.41, 5.74) is -0.305. The lowest BCUT2D eigenvalue weighted by Crippen LogP contribution is -2.22.